The highest BCUT2D eigenvalue weighted by molar-refractivity contribution is 7.91. The maximum atomic E-state index is 13.5. The topological polar surface area (TPSA) is 80.2 Å². The molecule has 0 saturated carbocycles. The van der Waals surface area contributed by atoms with Crippen LogP contribution < -0.4 is 4.90 Å². The summed E-state index contributed by atoms with van der Waals surface area (Å²) in [4.78, 5) is 24.5. The lowest BCUT2D eigenvalue weighted by atomic mass is 10.1. The Bertz CT molecular complexity index is 1380. The number of hydrogen-bond acceptors (Lipinski definition) is 6. The van der Waals surface area contributed by atoms with Crippen LogP contribution in [-0.2, 0) is 16.4 Å². The third kappa shape index (κ3) is 4.28. The zero-order valence-electron chi connectivity index (χ0n) is 18.1. The summed E-state index contributed by atoms with van der Waals surface area (Å²) < 4.78 is 25.3. The molecule has 0 aliphatic heterocycles. The number of carbonyl (C=O) groups is 1. The number of rotatable bonds is 6. The van der Waals surface area contributed by atoms with Gasteiger partial charge in [0.05, 0.1) is 33.1 Å². The number of amides is 1. The average molecular weight is 466 g/mol. The van der Waals surface area contributed by atoms with E-state index in [9.17, 15) is 13.2 Å². The molecule has 0 aliphatic carbocycles. The van der Waals surface area contributed by atoms with Crippen LogP contribution in [0.4, 0.5) is 5.13 Å². The van der Waals surface area contributed by atoms with Crippen molar-refractivity contribution >= 4 is 42.4 Å². The van der Waals surface area contributed by atoms with Gasteiger partial charge >= 0.3 is 0 Å². The van der Waals surface area contributed by atoms with Crippen molar-refractivity contribution in [1.29, 1.82) is 0 Å². The summed E-state index contributed by atoms with van der Waals surface area (Å²) in [6.07, 6.45) is 1.69. The Kier molecular flexibility index (Phi) is 6.08. The molecule has 6 nitrogen and oxygen atoms in total. The van der Waals surface area contributed by atoms with Crippen LogP contribution in [0, 0.1) is 13.8 Å². The van der Waals surface area contributed by atoms with Gasteiger partial charge in [-0.1, -0.05) is 30.4 Å². The third-order valence-electron chi connectivity index (χ3n) is 5.44. The summed E-state index contributed by atoms with van der Waals surface area (Å²) in [6.45, 7) is 5.92. The molecule has 1 amide bonds. The number of pyridine rings is 1. The minimum Gasteiger partial charge on any atom is -0.278 e. The van der Waals surface area contributed by atoms with E-state index in [4.69, 9.17) is 4.98 Å². The van der Waals surface area contributed by atoms with Crippen molar-refractivity contribution in [2.75, 3.05) is 10.7 Å². The predicted octanol–water partition coefficient (Wildman–Crippen LogP) is 4.95. The lowest BCUT2D eigenvalue weighted by Gasteiger charge is -2.19. The van der Waals surface area contributed by atoms with E-state index < -0.39 is 9.84 Å². The molecule has 0 saturated heterocycles. The molecule has 0 N–H and O–H groups in total. The van der Waals surface area contributed by atoms with E-state index in [2.05, 4.69) is 11.1 Å². The molecule has 0 fully saturated rings. The minimum atomic E-state index is -3.33. The fourth-order valence-electron chi connectivity index (χ4n) is 3.34. The molecule has 0 aliphatic rings. The maximum Gasteiger partial charge on any atom is 0.260 e. The highest BCUT2D eigenvalue weighted by Gasteiger charge is 2.23. The second-order valence-corrected chi connectivity index (χ2v) is 10.8. The average Bonchev–Trinajstić information content (AvgIpc) is 3.25. The fourth-order valence-corrected chi connectivity index (χ4v) is 5.24. The number of carbonyl (C=O) groups excluding carboxylic acids is 1. The quantitative estimate of drug-likeness (QED) is 0.403. The molecule has 0 atom stereocenters. The van der Waals surface area contributed by atoms with E-state index in [0.29, 0.717) is 10.7 Å². The van der Waals surface area contributed by atoms with Crippen LogP contribution in [0.3, 0.4) is 0 Å². The summed E-state index contributed by atoms with van der Waals surface area (Å²) in [7, 11) is -3.33. The fraction of sp³-hybridized carbons (Fsp3) is 0.208. The Balaban J connectivity index is 1.76. The predicted molar refractivity (Wildman–Crippen MR) is 128 cm³/mol. The van der Waals surface area contributed by atoms with Crippen molar-refractivity contribution in [1.82, 2.24) is 9.97 Å². The van der Waals surface area contributed by atoms with Gasteiger partial charge in [-0.15, -0.1) is 0 Å². The van der Waals surface area contributed by atoms with Gasteiger partial charge < -0.3 is 0 Å². The van der Waals surface area contributed by atoms with Gasteiger partial charge in [0.2, 0.25) is 0 Å². The number of fused-ring (bicyclic) bond motifs is 1. The number of thiazole rings is 1. The van der Waals surface area contributed by atoms with Crippen molar-refractivity contribution in [2.45, 2.75) is 32.2 Å². The van der Waals surface area contributed by atoms with Crippen molar-refractivity contribution in [3.8, 4) is 0 Å². The monoisotopic (exact) mass is 465 g/mol. The van der Waals surface area contributed by atoms with Crippen LogP contribution in [0.2, 0.25) is 0 Å². The van der Waals surface area contributed by atoms with Gasteiger partial charge in [0, 0.05) is 11.8 Å². The molecular formula is C24H23N3O3S2. The number of aryl methyl sites for hydroxylation is 2. The number of aromatic nitrogens is 2. The van der Waals surface area contributed by atoms with Gasteiger partial charge in [0.15, 0.2) is 15.0 Å². The summed E-state index contributed by atoms with van der Waals surface area (Å²) in [5.74, 6) is -0.249. The standard InChI is InChI=1S/C24H23N3O3S2/c1-4-32(29,30)20-11-9-18(10-12-20)23(28)27(15-19-7-5-6-14-25-19)24-26-22-17(3)16(2)8-13-21(22)31-24/h5-14H,4,15H2,1-3H3. The van der Waals surface area contributed by atoms with E-state index in [1.165, 1.54) is 23.5 Å². The van der Waals surface area contributed by atoms with Gasteiger partial charge in [-0.2, -0.15) is 0 Å². The molecule has 8 heteroatoms. The second-order valence-electron chi connectivity index (χ2n) is 7.49. The van der Waals surface area contributed by atoms with Gasteiger partial charge in [0.25, 0.3) is 5.91 Å². The molecule has 2 heterocycles. The lowest BCUT2D eigenvalue weighted by molar-refractivity contribution is 0.0984. The lowest BCUT2D eigenvalue weighted by Crippen LogP contribution is -2.30. The summed E-state index contributed by atoms with van der Waals surface area (Å²) in [5.41, 5.74) is 4.24. The number of benzene rings is 2. The first-order valence-electron chi connectivity index (χ1n) is 10.2. The molecular weight excluding hydrogens is 442 g/mol. The van der Waals surface area contributed by atoms with Gasteiger partial charge in [-0.25, -0.2) is 13.4 Å². The molecule has 0 bridgehead atoms. The smallest absolute Gasteiger partial charge is 0.260 e. The zero-order chi connectivity index (χ0) is 22.9. The van der Waals surface area contributed by atoms with Crippen LogP contribution in [0.25, 0.3) is 10.2 Å². The highest BCUT2D eigenvalue weighted by atomic mass is 32.2. The molecule has 4 rings (SSSR count). The molecule has 2 aromatic heterocycles. The second kappa shape index (κ2) is 8.80. The van der Waals surface area contributed by atoms with Gasteiger partial charge in [-0.3, -0.25) is 14.7 Å². The number of nitrogens with zero attached hydrogens (tertiary/aromatic N) is 3. The molecule has 2 aromatic carbocycles. The Morgan fingerprint density at radius 1 is 1.03 bits per heavy atom. The van der Waals surface area contributed by atoms with Crippen LogP contribution in [0.15, 0.2) is 65.7 Å². The van der Waals surface area contributed by atoms with Crippen LogP contribution in [0.1, 0.15) is 34.1 Å². The summed E-state index contributed by atoms with van der Waals surface area (Å²) in [6, 6.07) is 15.7. The van der Waals surface area contributed by atoms with Gasteiger partial charge in [-0.05, 0) is 67.4 Å². The van der Waals surface area contributed by atoms with E-state index in [-0.39, 0.29) is 23.1 Å². The first-order chi connectivity index (χ1) is 15.3. The highest BCUT2D eigenvalue weighted by Crippen LogP contribution is 2.33. The third-order valence-corrected chi connectivity index (χ3v) is 8.23. The number of sulfone groups is 1. The first-order valence-corrected chi connectivity index (χ1v) is 12.7. The van der Waals surface area contributed by atoms with Crippen molar-refractivity contribution < 1.29 is 13.2 Å². The largest absolute Gasteiger partial charge is 0.278 e. The summed E-state index contributed by atoms with van der Waals surface area (Å²) >= 11 is 1.45. The molecule has 0 spiro atoms. The summed E-state index contributed by atoms with van der Waals surface area (Å²) in [5, 5.41) is 0.578. The van der Waals surface area contributed by atoms with Gasteiger partial charge in [0.1, 0.15) is 0 Å². The Morgan fingerprint density at radius 3 is 2.44 bits per heavy atom. The van der Waals surface area contributed by atoms with Crippen LogP contribution in [-0.4, -0.2) is 30.0 Å². The maximum absolute atomic E-state index is 13.5. The van der Waals surface area contributed by atoms with Crippen molar-refractivity contribution in [3.05, 3.63) is 83.2 Å². The minimum absolute atomic E-state index is 0.0105. The molecule has 164 valence electrons. The number of anilines is 1. The molecule has 0 unspecified atom stereocenters. The van der Waals surface area contributed by atoms with E-state index in [1.54, 1.807) is 30.2 Å². The normalized spacial score (nSPS) is 11.6. The van der Waals surface area contributed by atoms with Crippen LogP contribution in [0.5, 0.6) is 0 Å². The Morgan fingerprint density at radius 2 is 1.78 bits per heavy atom. The van der Waals surface area contributed by atoms with Crippen molar-refractivity contribution in [2.24, 2.45) is 0 Å². The van der Waals surface area contributed by atoms with Crippen molar-refractivity contribution in [3.63, 3.8) is 0 Å². The molecule has 0 radical (unpaired) electrons. The van der Waals surface area contributed by atoms with E-state index >= 15 is 0 Å². The first kappa shape index (κ1) is 22.1. The zero-order valence-corrected chi connectivity index (χ0v) is 19.7. The Labute approximate surface area is 191 Å². The molecule has 4 aromatic rings. The van der Waals surface area contributed by atoms with E-state index in [1.807, 2.05) is 38.1 Å². The number of hydrogen-bond donors (Lipinski definition) is 0. The SMILES string of the molecule is CCS(=O)(=O)c1ccc(C(=O)N(Cc2ccccn2)c2nc3c(C)c(C)ccc3s2)cc1. The Hall–Kier alpha value is -3.10. The van der Waals surface area contributed by atoms with Crippen LogP contribution >= 0.6 is 11.3 Å². The molecule has 32 heavy (non-hydrogen) atoms. The van der Waals surface area contributed by atoms with E-state index in [0.717, 1.165) is 27.0 Å².